The van der Waals surface area contributed by atoms with Gasteiger partial charge in [-0.3, -0.25) is 13.7 Å². The maximum absolute atomic E-state index is 5.43. The molecule has 0 amide bonds. The lowest BCUT2D eigenvalue weighted by atomic mass is 10.1. The third-order valence-electron chi connectivity index (χ3n) is 11.0. The van der Waals surface area contributed by atoms with Crippen molar-refractivity contribution in [3.05, 3.63) is 182 Å². The second kappa shape index (κ2) is 12.3. The van der Waals surface area contributed by atoms with Crippen LogP contribution in [0.25, 0.3) is 106 Å². The van der Waals surface area contributed by atoms with Crippen LogP contribution in [0.3, 0.4) is 0 Å². The first-order valence-electron chi connectivity index (χ1n) is 18.9. The van der Waals surface area contributed by atoms with Crippen molar-refractivity contribution >= 4 is 65.7 Å². The minimum absolute atomic E-state index is 0.534. The molecule has 0 spiro atoms. The summed E-state index contributed by atoms with van der Waals surface area (Å²) in [5.41, 5.74) is 9.43. The molecule has 0 saturated heterocycles. The standard InChI is InChI=1S/C49H30N8/c1-2-14-31(15-3-1)45-52-46(54-49(53-45)57-42-24-10-4-16-33(42)34-17-5-11-25-43(34)57)39-30-32(55-40-22-8-6-18-35(40)37-20-12-28-50-47(37)55)26-27-44(39)56-41-23-9-7-19-36(41)38-21-13-29-51-48(38)56/h1-30H. The van der Waals surface area contributed by atoms with Gasteiger partial charge >= 0.3 is 0 Å². The van der Waals surface area contributed by atoms with E-state index in [1.807, 2.05) is 54.9 Å². The van der Waals surface area contributed by atoms with Crippen LogP contribution in [0, 0.1) is 0 Å². The molecular formula is C49H30N8. The largest absolute Gasteiger partial charge is 0.294 e. The summed E-state index contributed by atoms with van der Waals surface area (Å²) in [7, 11) is 0. The van der Waals surface area contributed by atoms with Crippen molar-refractivity contribution in [1.29, 1.82) is 0 Å². The average molecular weight is 731 g/mol. The van der Waals surface area contributed by atoms with E-state index in [4.69, 9.17) is 24.9 Å². The highest BCUT2D eigenvalue weighted by atomic mass is 15.2. The van der Waals surface area contributed by atoms with Gasteiger partial charge in [0, 0.05) is 61.5 Å². The Morgan fingerprint density at radius 3 is 1.44 bits per heavy atom. The number of hydrogen-bond donors (Lipinski definition) is 0. The van der Waals surface area contributed by atoms with Gasteiger partial charge in [0.05, 0.1) is 27.8 Å². The fraction of sp³-hybridized carbons (Fsp3) is 0. The van der Waals surface area contributed by atoms with Crippen molar-refractivity contribution in [2.45, 2.75) is 0 Å². The van der Waals surface area contributed by atoms with E-state index in [1.54, 1.807) is 0 Å². The number of fused-ring (bicyclic) bond motifs is 9. The van der Waals surface area contributed by atoms with Crippen molar-refractivity contribution in [2.24, 2.45) is 0 Å². The molecule has 12 aromatic rings. The molecule has 8 nitrogen and oxygen atoms in total. The summed E-state index contributed by atoms with van der Waals surface area (Å²) in [6, 6.07) is 58.7. The van der Waals surface area contributed by atoms with E-state index < -0.39 is 0 Å². The Kier molecular flexibility index (Phi) is 6.76. The number of benzene rings is 6. The molecule has 8 heteroatoms. The van der Waals surface area contributed by atoms with Crippen LogP contribution in [0.1, 0.15) is 0 Å². The molecule has 6 aromatic heterocycles. The minimum atomic E-state index is 0.534. The SMILES string of the molecule is c1ccc(-c2nc(-c3cc(-n4c5ccccc5c5cccnc54)ccc3-n3c4ccccc4c4cccnc43)nc(-n3c4ccccc4c4ccccc43)n2)cc1. The topological polar surface area (TPSA) is 79.2 Å². The lowest BCUT2D eigenvalue weighted by Crippen LogP contribution is -2.08. The number of rotatable bonds is 5. The predicted molar refractivity (Wildman–Crippen MR) is 229 cm³/mol. The van der Waals surface area contributed by atoms with Crippen molar-refractivity contribution in [3.8, 4) is 40.1 Å². The fourth-order valence-electron chi connectivity index (χ4n) is 8.57. The third-order valence-corrected chi connectivity index (χ3v) is 11.0. The smallest absolute Gasteiger partial charge is 0.238 e. The summed E-state index contributed by atoms with van der Waals surface area (Å²) in [6.45, 7) is 0. The highest BCUT2D eigenvalue weighted by molar-refractivity contribution is 6.10. The highest BCUT2D eigenvalue weighted by Gasteiger charge is 2.23. The number of para-hydroxylation sites is 4. The average Bonchev–Trinajstić information content (AvgIpc) is 3.92. The van der Waals surface area contributed by atoms with E-state index in [2.05, 4.69) is 141 Å². The van der Waals surface area contributed by atoms with E-state index in [0.29, 0.717) is 17.6 Å². The Labute approximate surface area is 325 Å². The van der Waals surface area contributed by atoms with Gasteiger partial charge in [-0.15, -0.1) is 0 Å². The lowest BCUT2D eigenvalue weighted by Gasteiger charge is -2.17. The number of hydrogen-bond acceptors (Lipinski definition) is 5. The molecule has 12 rings (SSSR count). The molecule has 0 saturated carbocycles. The van der Waals surface area contributed by atoms with Crippen LogP contribution in [-0.2, 0) is 0 Å². The van der Waals surface area contributed by atoms with Crippen molar-refractivity contribution < 1.29 is 0 Å². The minimum Gasteiger partial charge on any atom is -0.294 e. The van der Waals surface area contributed by atoms with Crippen molar-refractivity contribution in [1.82, 2.24) is 38.6 Å². The van der Waals surface area contributed by atoms with Crippen LogP contribution in [0.4, 0.5) is 0 Å². The molecule has 57 heavy (non-hydrogen) atoms. The molecule has 0 aliphatic carbocycles. The Morgan fingerprint density at radius 2 is 0.825 bits per heavy atom. The molecule has 0 atom stereocenters. The van der Waals surface area contributed by atoms with Gasteiger partial charge in [0.25, 0.3) is 0 Å². The van der Waals surface area contributed by atoms with E-state index >= 15 is 0 Å². The molecule has 6 heterocycles. The van der Waals surface area contributed by atoms with Gasteiger partial charge in [0.15, 0.2) is 11.6 Å². The van der Waals surface area contributed by atoms with Crippen LogP contribution in [0.15, 0.2) is 182 Å². The molecule has 0 fully saturated rings. The quantitative estimate of drug-likeness (QED) is 0.176. The molecule has 266 valence electrons. The lowest BCUT2D eigenvalue weighted by molar-refractivity contribution is 0.951. The fourth-order valence-corrected chi connectivity index (χ4v) is 8.57. The van der Waals surface area contributed by atoms with Gasteiger partial charge in [-0.25, -0.2) is 15.0 Å². The first-order chi connectivity index (χ1) is 28.3. The molecule has 0 N–H and O–H groups in total. The molecular weight excluding hydrogens is 701 g/mol. The summed E-state index contributed by atoms with van der Waals surface area (Å²) >= 11 is 0. The number of pyridine rings is 2. The molecule has 0 unspecified atom stereocenters. The Bertz CT molecular complexity index is 3380. The molecule has 6 aromatic carbocycles. The number of nitrogens with zero attached hydrogens (tertiary/aromatic N) is 8. The Morgan fingerprint density at radius 1 is 0.351 bits per heavy atom. The molecule has 0 aliphatic heterocycles. The summed E-state index contributed by atoms with van der Waals surface area (Å²) in [5.74, 6) is 1.65. The van der Waals surface area contributed by atoms with Gasteiger partial charge in [0.2, 0.25) is 5.95 Å². The zero-order valence-corrected chi connectivity index (χ0v) is 30.4. The van der Waals surface area contributed by atoms with Crippen LogP contribution < -0.4 is 0 Å². The van der Waals surface area contributed by atoms with E-state index in [1.165, 1.54) is 0 Å². The Hall–Kier alpha value is -7.97. The summed E-state index contributed by atoms with van der Waals surface area (Å²) < 4.78 is 6.62. The molecule has 0 aliphatic rings. The molecule has 0 radical (unpaired) electrons. The first-order valence-corrected chi connectivity index (χ1v) is 18.9. The maximum Gasteiger partial charge on any atom is 0.238 e. The summed E-state index contributed by atoms with van der Waals surface area (Å²) in [5, 5.41) is 6.68. The summed E-state index contributed by atoms with van der Waals surface area (Å²) in [6.07, 6.45) is 3.71. The second-order valence-corrected chi connectivity index (χ2v) is 14.2. The van der Waals surface area contributed by atoms with Crippen LogP contribution in [0.5, 0.6) is 0 Å². The van der Waals surface area contributed by atoms with Gasteiger partial charge in [-0.1, -0.05) is 103 Å². The van der Waals surface area contributed by atoms with Crippen molar-refractivity contribution in [2.75, 3.05) is 0 Å². The summed E-state index contributed by atoms with van der Waals surface area (Å²) in [4.78, 5) is 25.9. The van der Waals surface area contributed by atoms with Gasteiger partial charge in [-0.05, 0) is 66.7 Å². The zero-order chi connectivity index (χ0) is 37.5. The molecule has 0 bridgehead atoms. The second-order valence-electron chi connectivity index (χ2n) is 14.2. The first kappa shape index (κ1) is 31.4. The van der Waals surface area contributed by atoms with Gasteiger partial charge < -0.3 is 0 Å². The maximum atomic E-state index is 5.43. The third kappa shape index (κ3) is 4.71. The van der Waals surface area contributed by atoms with Crippen LogP contribution >= 0.6 is 0 Å². The zero-order valence-electron chi connectivity index (χ0n) is 30.4. The Balaban J connectivity index is 1.22. The highest BCUT2D eigenvalue weighted by Crippen LogP contribution is 2.39. The van der Waals surface area contributed by atoms with Gasteiger partial charge in [0.1, 0.15) is 11.3 Å². The monoisotopic (exact) mass is 730 g/mol. The normalized spacial score (nSPS) is 11.9. The van der Waals surface area contributed by atoms with E-state index in [0.717, 1.165) is 88.2 Å². The predicted octanol–water partition coefficient (Wildman–Crippen LogP) is 11.3. The van der Waals surface area contributed by atoms with Crippen molar-refractivity contribution in [3.63, 3.8) is 0 Å². The van der Waals surface area contributed by atoms with E-state index in [9.17, 15) is 0 Å². The van der Waals surface area contributed by atoms with Crippen LogP contribution in [0.2, 0.25) is 0 Å². The van der Waals surface area contributed by atoms with Gasteiger partial charge in [-0.2, -0.15) is 9.97 Å². The van der Waals surface area contributed by atoms with E-state index in [-0.39, 0.29) is 0 Å². The number of aromatic nitrogens is 8. The van der Waals surface area contributed by atoms with Crippen LogP contribution in [-0.4, -0.2) is 38.6 Å².